The highest BCUT2D eigenvalue weighted by Crippen LogP contribution is 2.37. The number of aliphatic imine (C=N–C) groups is 1. The first kappa shape index (κ1) is 17.6. The molecule has 22 heavy (non-hydrogen) atoms. The number of rotatable bonds is 6. The Morgan fingerprint density at radius 1 is 1.36 bits per heavy atom. The summed E-state index contributed by atoms with van der Waals surface area (Å²) in [6.45, 7) is 11.3. The summed E-state index contributed by atoms with van der Waals surface area (Å²) in [4.78, 5) is 10.6. The van der Waals surface area contributed by atoms with Crippen LogP contribution >= 0.6 is 23.1 Å². The fourth-order valence-electron chi connectivity index (χ4n) is 2.65. The summed E-state index contributed by atoms with van der Waals surface area (Å²) in [5, 5.41) is 7.95. The van der Waals surface area contributed by atoms with Crippen LogP contribution in [0.3, 0.4) is 0 Å². The average molecular weight is 341 g/mol. The van der Waals surface area contributed by atoms with Gasteiger partial charge in [0.25, 0.3) is 0 Å². The van der Waals surface area contributed by atoms with Crippen LogP contribution in [0.1, 0.15) is 42.3 Å². The summed E-state index contributed by atoms with van der Waals surface area (Å²) in [7, 11) is 0. The molecule has 124 valence electrons. The van der Waals surface area contributed by atoms with Crippen molar-refractivity contribution in [2.75, 3.05) is 25.4 Å². The number of nitrogens with one attached hydrogen (secondary N) is 2. The molecule has 1 saturated heterocycles. The molecule has 0 bridgehead atoms. The predicted molar refractivity (Wildman–Crippen MR) is 99.4 cm³/mol. The van der Waals surface area contributed by atoms with E-state index in [1.165, 1.54) is 29.2 Å². The molecule has 2 N–H and O–H groups in total. The highest BCUT2D eigenvalue weighted by Gasteiger charge is 2.29. The van der Waals surface area contributed by atoms with Gasteiger partial charge >= 0.3 is 0 Å². The van der Waals surface area contributed by atoms with E-state index in [1.807, 2.05) is 0 Å². The van der Waals surface area contributed by atoms with E-state index in [0.29, 0.717) is 4.75 Å². The summed E-state index contributed by atoms with van der Waals surface area (Å²) in [5.41, 5.74) is 1.17. The summed E-state index contributed by atoms with van der Waals surface area (Å²) in [6.07, 6.45) is 3.61. The third kappa shape index (κ3) is 5.16. The Morgan fingerprint density at radius 3 is 2.77 bits per heavy atom. The molecular formula is C16H28N4S2. The second-order valence-corrected chi connectivity index (χ2v) is 8.99. The molecule has 0 saturated carbocycles. The van der Waals surface area contributed by atoms with Crippen molar-refractivity contribution in [3.05, 3.63) is 15.6 Å². The van der Waals surface area contributed by atoms with Crippen LogP contribution in [-0.4, -0.2) is 41.1 Å². The number of nitrogens with zero attached hydrogens (tertiary/aromatic N) is 2. The van der Waals surface area contributed by atoms with Crippen LogP contribution in [0, 0.1) is 13.8 Å². The molecule has 1 unspecified atom stereocenters. The number of hydrogen-bond donors (Lipinski definition) is 2. The van der Waals surface area contributed by atoms with E-state index >= 15 is 0 Å². The lowest BCUT2D eigenvalue weighted by atomic mass is 10.1. The largest absolute Gasteiger partial charge is 0.357 e. The van der Waals surface area contributed by atoms with Gasteiger partial charge in [-0.25, -0.2) is 4.98 Å². The molecule has 1 aromatic heterocycles. The van der Waals surface area contributed by atoms with Crippen LogP contribution in [0.15, 0.2) is 4.99 Å². The van der Waals surface area contributed by atoms with Crippen molar-refractivity contribution < 1.29 is 0 Å². The van der Waals surface area contributed by atoms with Gasteiger partial charge in [-0.1, -0.05) is 0 Å². The van der Waals surface area contributed by atoms with Gasteiger partial charge in [0.1, 0.15) is 0 Å². The molecule has 2 heterocycles. The van der Waals surface area contributed by atoms with Gasteiger partial charge < -0.3 is 10.6 Å². The second-order valence-electron chi connectivity index (χ2n) is 6.02. The van der Waals surface area contributed by atoms with E-state index in [9.17, 15) is 0 Å². The van der Waals surface area contributed by atoms with E-state index in [2.05, 4.69) is 55.1 Å². The Bertz CT molecular complexity index is 504. The van der Waals surface area contributed by atoms with E-state index in [4.69, 9.17) is 4.99 Å². The molecule has 0 radical (unpaired) electrons. The summed E-state index contributed by atoms with van der Waals surface area (Å²) >= 11 is 3.86. The molecule has 2 rings (SSSR count). The van der Waals surface area contributed by atoms with Crippen LogP contribution < -0.4 is 10.6 Å². The van der Waals surface area contributed by atoms with Crippen LogP contribution in [0.25, 0.3) is 0 Å². The molecule has 0 aromatic carbocycles. The number of guanidine groups is 1. The molecule has 1 aromatic rings. The molecule has 1 aliphatic heterocycles. The molecule has 0 spiro atoms. The molecule has 4 nitrogen and oxygen atoms in total. The Labute approximate surface area is 142 Å². The number of aryl methyl sites for hydroxylation is 2. The van der Waals surface area contributed by atoms with Crippen LogP contribution in [0.4, 0.5) is 0 Å². The van der Waals surface area contributed by atoms with Gasteiger partial charge in [0.05, 0.1) is 17.2 Å². The minimum atomic E-state index is 0.327. The molecule has 0 amide bonds. The van der Waals surface area contributed by atoms with Crippen molar-refractivity contribution >= 4 is 29.1 Å². The quantitative estimate of drug-likeness (QED) is 0.617. The van der Waals surface area contributed by atoms with Crippen molar-refractivity contribution in [3.8, 4) is 0 Å². The van der Waals surface area contributed by atoms with E-state index in [0.717, 1.165) is 37.0 Å². The molecular weight excluding hydrogens is 312 g/mol. The highest BCUT2D eigenvalue weighted by molar-refractivity contribution is 8.00. The van der Waals surface area contributed by atoms with Crippen LogP contribution in [-0.2, 0) is 6.42 Å². The SMILES string of the molecule is CCNC(=NCC1(C)CCCS1)NCCc1sc(C)nc1C. The van der Waals surface area contributed by atoms with Gasteiger partial charge in [0.2, 0.25) is 0 Å². The number of thiazole rings is 1. The maximum atomic E-state index is 4.79. The second kappa shape index (κ2) is 8.20. The maximum Gasteiger partial charge on any atom is 0.191 e. The van der Waals surface area contributed by atoms with Gasteiger partial charge in [-0.2, -0.15) is 11.8 Å². The summed E-state index contributed by atoms with van der Waals surface area (Å²) < 4.78 is 0.327. The lowest BCUT2D eigenvalue weighted by molar-refractivity contribution is 0.614. The van der Waals surface area contributed by atoms with Crippen molar-refractivity contribution in [2.24, 2.45) is 4.99 Å². The summed E-state index contributed by atoms with van der Waals surface area (Å²) in [5.74, 6) is 2.22. The third-order valence-electron chi connectivity index (χ3n) is 3.86. The van der Waals surface area contributed by atoms with Crippen molar-refractivity contribution in [1.82, 2.24) is 15.6 Å². The average Bonchev–Trinajstić information content (AvgIpc) is 3.03. The third-order valence-corrected chi connectivity index (χ3v) is 6.52. The lowest BCUT2D eigenvalue weighted by Gasteiger charge is -2.21. The zero-order valence-corrected chi connectivity index (χ0v) is 15.8. The fourth-order valence-corrected chi connectivity index (χ4v) is 4.81. The lowest BCUT2D eigenvalue weighted by Crippen LogP contribution is -2.39. The Kier molecular flexibility index (Phi) is 6.56. The standard InChI is InChI=1S/C16H28N4S2/c1-5-17-15(19-11-16(4)8-6-10-21-16)18-9-7-14-12(2)20-13(3)22-14/h5-11H2,1-4H3,(H2,17,18,19). The van der Waals surface area contributed by atoms with Gasteiger partial charge in [-0.15, -0.1) is 11.3 Å². The minimum absolute atomic E-state index is 0.327. The number of hydrogen-bond acceptors (Lipinski definition) is 4. The van der Waals surface area contributed by atoms with E-state index in [-0.39, 0.29) is 0 Å². The van der Waals surface area contributed by atoms with Crippen LogP contribution in [0.2, 0.25) is 0 Å². The number of aromatic nitrogens is 1. The fraction of sp³-hybridized carbons (Fsp3) is 0.750. The van der Waals surface area contributed by atoms with E-state index in [1.54, 1.807) is 11.3 Å². The molecule has 1 atom stereocenters. The Balaban J connectivity index is 1.84. The molecule has 0 aliphatic carbocycles. The van der Waals surface area contributed by atoms with Crippen molar-refractivity contribution in [2.45, 2.75) is 51.7 Å². The van der Waals surface area contributed by atoms with Crippen LogP contribution in [0.5, 0.6) is 0 Å². The molecule has 1 aliphatic rings. The first-order valence-corrected chi connectivity index (χ1v) is 9.92. The zero-order valence-electron chi connectivity index (χ0n) is 14.2. The normalized spacial score (nSPS) is 22.1. The van der Waals surface area contributed by atoms with Gasteiger partial charge in [-0.05, 0) is 46.3 Å². The van der Waals surface area contributed by atoms with Gasteiger partial charge in [0.15, 0.2) is 5.96 Å². The maximum absolute atomic E-state index is 4.79. The predicted octanol–water partition coefficient (Wildman–Crippen LogP) is 3.14. The Hall–Kier alpha value is -0.750. The Morgan fingerprint density at radius 2 is 2.18 bits per heavy atom. The van der Waals surface area contributed by atoms with Crippen molar-refractivity contribution in [1.29, 1.82) is 0 Å². The van der Waals surface area contributed by atoms with Gasteiger partial charge in [0, 0.05) is 29.1 Å². The van der Waals surface area contributed by atoms with Gasteiger partial charge in [-0.3, -0.25) is 4.99 Å². The van der Waals surface area contributed by atoms with E-state index < -0.39 is 0 Å². The minimum Gasteiger partial charge on any atom is -0.357 e. The first-order chi connectivity index (χ1) is 10.5. The smallest absolute Gasteiger partial charge is 0.191 e. The molecule has 1 fully saturated rings. The number of thioether (sulfide) groups is 1. The molecule has 6 heteroatoms. The summed E-state index contributed by atoms with van der Waals surface area (Å²) in [6, 6.07) is 0. The zero-order chi connectivity index (χ0) is 16.0. The topological polar surface area (TPSA) is 49.3 Å². The monoisotopic (exact) mass is 340 g/mol. The highest BCUT2D eigenvalue weighted by atomic mass is 32.2. The first-order valence-electron chi connectivity index (χ1n) is 8.11. The van der Waals surface area contributed by atoms with Crippen molar-refractivity contribution in [3.63, 3.8) is 0 Å².